The van der Waals surface area contributed by atoms with Crippen molar-refractivity contribution in [2.24, 2.45) is 0 Å². The zero-order valence-electron chi connectivity index (χ0n) is 17.0. The first-order valence-electron chi connectivity index (χ1n) is 9.54. The van der Waals surface area contributed by atoms with Crippen molar-refractivity contribution in [1.29, 1.82) is 0 Å². The predicted molar refractivity (Wildman–Crippen MR) is 111 cm³/mol. The molecule has 0 saturated carbocycles. The molecule has 33 heavy (non-hydrogen) atoms. The molecule has 2 heterocycles. The molecule has 0 bridgehead atoms. The lowest BCUT2D eigenvalue weighted by Crippen LogP contribution is -2.27. The fourth-order valence-corrected chi connectivity index (χ4v) is 3.17. The fourth-order valence-electron chi connectivity index (χ4n) is 3.17. The zero-order chi connectivity index (χ0) is 23.8. The van der Waals surface area contributed by atoms with E-state index in [1.807, 2.05) is 0 Å². The molecular formula is C22H15F4N5O2. The minimum Gasteiger partial charge on any atom is -0.320 e. The van der Waals surface area contributed by atoms with Gasteiger partial charge in [-0.05, 0) is 49.4 Å². The Kier molecular flexibility index (Phi) is 5.54. The van der Waals surface area contributed by atoms with Crippen LogP contribution >= 0.6 is 0 Å². The maximum Gasteiger partial charge on any atom is 0.433 e. The SMILES string of the molecule is Cc1cc(=O)c(C(=O)Nc2ccc(-n3nccc3C(F)(F)F)cc2)nn1-c1ccccc1F. The highest BCUT2D eigenvalue weighted by Crippen LogP contribution is 2.30. The van der Waals surface area contributed by atoms with Gasteiger partial charge in [0.15, 0.2) is 5.69 Å². The maximum atomic E-state index is 14.2. The number of para-hydroxylation sites is 1. The van der Waals surface area contributed by atoms with E-state index in [9.17, 15) is 27.2 Å². The lowest BCUT2D eigenvalue weighted by Gasteiger charge is -2.13. The van der Waals surface area contributed by atoms with Gasteiger partial charge in [-0.1, -0.05) is 12.1 Å². The molecule has 1 amide bonds. The maximum absolute atomic E-state index is 14.2. The van der Waals surface area contributed by atoms with Crippen molar-refractivity contribution in [2.45, 2.75) is 13.1 Å². The summed E-state index contributed by atoms with van der Waals surface area (Å²) in [6.45, 7) is 1.55. The number of hydrogen-bond acceptors (Lipinski definition) is 4. The van der Waals surface area contributed by atoms with E-state index in [0.29, 0.717) is 5.69 Å². The van der Waals surface area contributed by atoms with Gasteiger partial charge in [-0.3, -0.25) is 9.59 Å². The highest BCUT2D eigenvalue weighted by molar-refractivity contribution is 6.02. The molecule has 2 aromatic heterocycles. The van der Waals surface area contributed by atoms with E-state index in [0.717, 1.165) is 27.7 Å². The van der Waals surface area contributed by atoms with E-state index in [1.54, 1.807) is 13.0 Å². The number of nitrogens with zero attached hydrogens (tertiary/aromatic N) is 4. The number of hydrogen-bond donors (Lipinski definition) is 1. The molecule has 7 nitrogen and oxygen atoms in total. The molecular weight excluding hydrogens is 442 g/mol. The van der Waals surface area contributed by atoms with Crippen LogP contribution in [0.3, 0.4) is 0 Å². The van der Waals surface area contributed by atoms with Crippen LogP contribution in [-0.4, -0.2) is 25.5 Å². The smallest absolute Gasteiger partial charge is 0.320 e. The Morgan fingerprint density at radius 3 is 2.36 bits per heavy atom. The molecule has 0 fully saturated rings. The molecule has 2 aromatic carbocycles. The summed E-state index contributed by atoms with van der Waals surface area (Å²) >= 11 is 0. The summed E-state index contributed by atoms with van der Waals surface area (Å²) in [6, 6.07) is 13.1. The fraction of sp³-hybridized carbons (Fsp3) is 0.0909. The Balaban J connectivity index is 1.61. The van der Waals surface area contributed by atoms with E-state index < -0.39 is 34.7 Å². The second-order valence-corrected chi connectivity index (χ2v) is 6.99. The van der Waals surface area contributed by atoms with E-state index in [2.05, 4.69) is 15.5 Å². The normalized spacial score (nSPS) is 11.4. The number of alkyl halides is 3. The third-order valence-electron chi connectivity index (χ3n) is 4.71. The third-order valence-corrected chi connectivity index (χ3v) is 4.71. The molecule has 4 aromatic rings. The number of halogens is 4. The van der Waals surface area contributed by atoms with Crippen molar-refractivity contribution >= 4 is 11.6 Å². The summed E-state index contributed by atoms with van der Waals surface area (Å²) < 4.78 is 55.3. The van der Waals surface area contributed by atoms with E-state index >= 15 is 0 Å². The summed E-state index contributed by atoms with van der Waals surface area (Å²) in [5.41, 5.74) is -1.36. The second kappa shape index (κ2) is 8.34. The first kappa shape index (κ1) is 21.9. The van der Waals surface area contributed by atoms with Crippen LogP contribution in [0.5, 0.6) is 0 Å². The molecule has 4 rings (SSSR count). The number of aryl methyl sites for hydroxylation is 1. The van der Waals surface area contributed by atoms with E-state index in [-0.39, 0.29) is 17.1 Å². The van der Waals surface area contributed by atoms with Gasteiger partial charge in [-0.25, -0.2) is 13.8 Å². The molecule has 0 spiro atoms. The topological polar surface area (TPSA) is 81.8 Å². The van der Waals surface area contributed by atoms with Crippen LogP contribution in [0.2, 0.25) is 0 Å². The van der Waals surface area contributed by atoms with Gasteiger partial charge in [0.25, 0.3) is 5.91 Å². The Hall–Kier alpha value is -4.28. The monoisotopic (exact) mass is 457 g/mol. The van der Waals surface area contributed by atoms with Crippen LogP contribution in [0.25, 0.3) is 11.4 Å². The molecule has 0 saturated heterocycles. The number of nitrogens with one attached hydrogen (secondary N) is 1. The minimum atomic E-state index is -4.58. The molecule has 0 aliphatic rings. The highest BCUT2D eigenvalue weighted by atomic mass is 19.4. The molecule has 0 atom stereocenters. The van der Waals surface area contributed by atoms with Crippen LogP contribution in [0.1, 0.15) is 21.9 Å². The lowest BCUT2D eigenvalue weighted by molar-refractivity contribution is -0.142. The van der Waals surface area contributed by atoms with Gasteiger partial charge >= 0.3 is 6.18 Å². The number of aromatic nitrogens is 4. The van der Waals surface area contributed by atoms with Crippen molar-refractivity contribution in [1.82, 2.24) is 19.6 Å². The van der Waals surface area contributed by atoms with Crippen molar-refractivity contribution < 1.29 is 22.4 Å². The quantitative estimate of drug-likeness (QED) is 0.467. The van der Waals surface area contributed by atoms with Crippen LogP contribution in [0, 0.1) is 12.7 Å². The average Bonchev–Trinajstić information content (AvgIpc) is 3.26. The zero-order valence-corrected chi connectivity index (χ0v) is 17.0. The molecule has 0 aliphatic heterocycles. The van der Waals surface area contributed by atoms with Crippen LogP contribution in [0.4, 0.5) is 23.2 Å². The van der Waals surface area contributed by atoms with Crippen LogP contribution in [0.15, 0.2) is 71.7 Å². The van der Waals surface area contributed by atoms with Crippen molar-refractivity contribution in [2.75, 3.05) is 5.32 Å². The first-order valence-corrected chi connectivity index (χ1v) is 9.54. The number of anilines is 1. The average molecular weight is 457 g/mol. The summed E-state index contributed by atoms with van der Waals surface area (Å²) in [5, 5.41) is 10.2. The summed E-state index contributed by atoms with van der Waals surface area (Å²) in [4.78, 5) is 25.0. The van der Waals surface area contributed by atoms with Crippen molar-refractivity contribution in [3.8, 4) is 11.4 Å². The Bertz CT molecular complexity index is 1390. The predicted octanol–water partition coefficient (Wildman–Crippen LogP) is 4.14. The number of carbonyl (C=O) groups is 1. The molecule has 11 heteroatoms. The van der Waals surface area contributed by atoms with Gasteiger partial charge in [0.05, 0.1) is 11.9 Å². The number of amides is 1. The molecule has 1 N–H and O–H groups in total. The minimum absolute atomic E-state index is 0.0631. The van der Waals surface area contributed by atoms with E-state index in [4.69, 9.17) is 0 Å². The largest absolute Gasteiger partial charge is 0.433 e. The van der Waals surface area contributed by atoms with Crippen LogP contribution in [-0.2, 0) is 6.18 Å². The van der Waals surface area contributed by atoms with Crippen molar-refractivity contribution in [3.05, 3.63) is 100.0 Å². The molecule has 0 unspecified atom stereocenters. The van der Waals surface area contributed by atoms with Gasteiger partial charge in [0.2, 0.25) is 5.43 Å². The van der Waals surface area contributed by atoms with Gasteiger partial charge in [-0.2, -0.15) is 23.4 Å². The number of benzene rings is 2. The Morgan fingerprint density at radius 2 is 1.70 bits per heavy atom. The van der Waals surface area contributed by atoms with Gasteiger partial charge in [0, 0.05) is 17.4 Å². The summed E-state index contributed by atoms with van der Waals surface area (Å²) in [6.07, 6.45) is -3.55. The van der Waals surface area contributed by atoms with E-state index in [1.165, 1.54) is 42.5 Å². The van der Waals surface area contributed by atoms with Gasteiger partial charge in [-0.15, -0.1) is 0 Å². The van der Waals surface area contributed by atoms with Gasteiger partial charge in [0.1, 0.15) is 17.2 Å². The van der Waals surface area contributed by atoms with Crippen molar-refractivity contribution in [3.63, 3.8) is 0 Å². The summed E-state index contributed by atoms with van der Waals surface area (Å²) in [5.74, 6) is -1.44. The molecule has 0 aliphatic carbocycles. The Morgan fingerprint density at radius 1 is 1.00 bits per heavy atom. The third kappa shape index (κ3) is 4.38. The first-order chi connectivity index (χ1) is 15.6. The molecule has 0 radical (unpaired) electrons. The number of carbonyl (C=O) groups excluding carboxylic acids is 1. The standard InChI is InChI=1S/C22H15F4N5O2/c1-13-12-18(32)20(29-30(13)17-5-3-2-4-16(17)23)21(33)28-14-6-8-15(9-7-14)31-19(10-11-27-31)22(24,25)26/h2-12H,1H3,(H,28,33). The molecule has 168 valence electrons. The summed E-state index contributed by atoms with van der Waals surface area (Å²) in [7, 11) is 0. The highest BCUT2D eigenvalue weighted by Gasteiger charge is 2.35. The lowest BCUT2D eigenvalue weighted by atomic mass is 10.2. The Labute approximate surface area is 183 Å². The second-order valence-electron chi connectivity index (χ2n) is 6.99. The van der Waals surface area contributed by atoms with Crippen LogP contribution < -0.4 is 10.7 Å². The number of rotatable bonds is 4. The van der Waals surface area contributed by atoms with Gasteiger partial charge < -0.3 is 5.32 Å².